The average molecular weight is 479 g/mol. The summed E-state index contributed by atoms with van der Waals surface area (Å²) in [5.41, 5.74) is 4.07. The summed E-state index contributed by atoms with van der Waals surface area (Å²) in [7, 11) is 0. The van der Waals surface area contributed by atoms with Gasteiger partial charge in [0, 0.05) is 45.6 Å². The zero-order valence-corrected chi connectivity index (χ0v) is 20.3. The van der Waals surface area contributed by atoms with Crippen molar-refractivity contribution in [2.24, 2.45) is 0 Å². The maximum atomic E-state index is 13.5. The molecule has 0 spiro atoms. The number of cyclic esters (lactones) is 1. The van der Waals surface area contributed by atoms with Gasteiger partial charge in [0.25, 0.3) is 0 Å². The lowest BCUT2D eigenvalue weighted by molar-refractivity contribution is -0.619. The monoisotopic (exact) mass is 478 g/mol. The number of aromatic nitrogens is 1. The number of benzene rings is 2. The van der Waals surface area contributed by atoms with Crippen LogP contribution in [0.2, 0.25) is 0 Å². The summed E-state index contributed by atoms with van der Waals surface area (Å²) >= 11 is 0. The van der Waals surface area contributed by atoms with Crippen LogP contribution in [0.25, 0.3) is 11.1 Å². The largest absolute Gasteiger partial charge is 0.618 e. The van der Waals surface area contributed by atoms with Gasteiger partial charge < -0.3 is 20.0 Å². The van der Waals surface area contributed by atoms with Crippen molar-refractivity contribution in [1.29, 1.82) is 0 Å². The van der Waals surface area contributed by atoms with Crippen LogP contribution < -0.4 is 4.73 Å². The molecule has 6 nitrogen and oxygen atoms in total. The molecule has 2 aromatic carbocycles. The number of aryl methyl sites for hydroxylation is 2. The molecule has 35 heavy (non-hydrogen) atoms. The van der Waals surface area contributed by atoms with E-state index in [-0.39, 0.29) is 18.5 Å². The molecule has 0 unspecified atom stereocenters. The van der Waals surface area contributed by atoms with E-state index in [9.17, 15) is 19.5 Å². The number of hydrogen-bond acceptors (Lipinski definition) is 4. The predicted molar refractivity (Wildman–Crippen MR) is 131 cm³/mol. The third kappa shape index (κ3) is 5.00. The Bertz CT molecular complexity index is 1170. The first kappa shape index (κ1) is 24.7. The molecule has 3 aromatic rings. The highest BCUT2D eigenvalue weighted by atomic mass is 19.1. The maximum absolute atomic E-state index is 13.5. The molecule has 1 amide bonds. The number of hydrogen-bond donors (Lipinski definition) is 1. The highest BCUT2D eigenvalue weighted by molar-refractivity contribution is 5.70. The van der Waals surface area contributed by atoms with Crippen LogP contribution in [0.15, 0.2) is 60.7 Å². The first-order valence-electron chi connectivity index (χ1n) is 11.9. The van der Waals surface area contributed by atoms with Crippen LogP contribution in [0.5, 0.6) is 0 Å². The number of aliphatic hydroxyl groups excluding tert-OH is 1. The molecule has 2 atom stereocenters. The third-order valence-corrected chi connectivity index (χ3v) is 6.95. The molecule has 0 aliphatic carbocycles. The van der Waals surface area contributed by atoms with E-state index in [1.807, 2.05) is 43.3 Å². The number of carbonyl (C=O) groups is 1. The molecule has 1 saturated heterocycles. The predicted octanol–water partition coefficient (Wildman–Crippen LogP) is 5.31. The van der Waals surface area contributed by atoms with Gasteiger partial charge in [0.15, 0.2) is 11.4 Å². The molecule has 184 valence electrons. The van der Waals surface area contributed by atoms with Crippen molar-refractivity contribution in [3.63, 3.8) is 0 Å². The van der Waals surface area contributed by atoms with Gasteiger partial charge in [-0.2, -0.15) is 4.73 Å². The minimum atomic E-state index is -0.880. The summed E-state index contributed by atoms with van der Waals surface area (Å²) in [4.78, 5) is 14.9. The highest BCUT2D eigenvalue weighted by Gasteiger charge is 2.43. The second-order valence-electron chi connectivity index (χ2n) is 9.26. The molecular weight excluding hydrogens is 447 g/mol. The van der Waals surface area contributed by atoms with Crippen LogP contribution in [-0.2, 0) is 10.3 Å². The van der Waals surface area contributed by atoms with Gasteiger partial charge in [0.2, 0.25) is 0 Å². The van der Waals surface area contributed by atoms with Crippen LogP contribution >= 0.6 is 0 Å². The molecule has 0 bridgehead atoms. The minimum absolute atomic E-state index is 0.0117. The molecule has 1 aliphatic rings. The number of amides is 1. The molecule has 1 N–H and O–H groups in total. The number of ether oxygens (including phenoxy) is 1. The number of carbonyl (C=O) groups excluding carboxylic acids is 1. The van der Waals surface area contributed by atoms with Crippen molar-refractivity contribution in [1.82, 2.24) is 4.90 Å². The maximum Gasteiger partial charge on any atom is 0.411 e. The lowest BCUT2D eigenvalue weighted by atomic mass is 9.84. The second kappa shape index (κ2) is 10.0. The van der Waals surface area contributed by atoms with Gasteiger partial charge in [0.1, 0.15) is 11.4 Å². The standard InChI is InChI=1S/C28H31FN2O4/c1-19-17-24(18-20(2)31(19)34)23-7-5-22(6-8-23)21(3)30-15-14-28(13-4-16-32,35-27(30)33)25-9-11-26(29)12-10-25/h5-12,17-18,21,32H,4,13-16H2,1-3H3/t21-,28+/m0/s1. The van der Waals surface area contributed by atoms with Crippen LogP contribution in [0, 0.1) is 24.9 Å². The second-order valence-corrected chi connectivity index (χ2v) is 9.26. The Balaban J connectivity index is 1.52. The van der Waals surface area contributed by atoms with Crippen molar-refractivity contribution in [3.8, 4) is 11.1 Å². The van der Waals surface area contributed by atoms with Gasteiger partial charge in [0.05, 0.1) is 6.04 Å². The van der Waals surface area contributed by atoms with Gasteiger partial charge in [-0.05, 0) is 54.2 Å². The van der Waals surface area contributed by atoms with Gasteiger partial charge in [-0.1, -0.05) is 36.4 Å². The summed E-state index contributed by atoms with van der Waals surface area (Å²) in [6.07, 6.45) is 1.07. The van der Waals surface area contributed by atoms with Crippen LogP contribution in [0.3, 0.4) is 0 Å². The molecule has 1 fully saturated rings. The van der Waals surface area contributed by atoms with E-state index in [2.05, 4.69) is 0 Å². The third-order valence-electron chi connectivity index (χ3n) is 6.95. The van der Waals surface area contributed by atoms with Crippen molar-refractivity contribution in [3.05, 3.63) is 94.2 Å². The van der Waals surface area contributed by atoms with E-state index < -0.39 is 11.7 Å². The lowest BCUT2D eigenvalue weighted by Crippen LogP contribution is -2.48. The zero-order valence-electron chi connectivity index (χ0n) is 20.3. The molecular formula is C28H31FN2O4. The number of aliphatic hydroxyl groups is 1. The number of pyridine rings is 1. The fraction of sp³-hybridized carbons (Fsp3) is 0.357. The SMILES string of the molecule is Cc1cc(-c2ccc([C@H](C)N3CC[C@](CCCO)(c4ccc(F)cc4)OC3=O)cc2)cc(C)[n+]1[O-]. The first-order valence-corrected chi connectivity index (χ1v) is 11.9. The quantitative estimate of drug-likeness (QED) is 0.369. The van der Waals surface area contributed by atoms with E-state index in [0.29, 0.717) is 37.2 Å². The van der Waals surface area contributed by atoms with Crippen molar-refractivity contribution in [2.45, 2.75) is 51.7 Å². The van der Waals surface area contributed by atoms with Crippen molar-refractivity contribution >= 4 is 6.09 Å². The fourth-order valence-corrected chi connectivity index (χ4v) is 4.85. The highest BCUT2D eigenvalue weighted by Crippen LogP contribution is 2.40. The Morgan fingerprint density at radius 3 is 2.29 bits per heavy atom. The van der Waals surface area contributed by atoms with E-state index in [1.54, 1.807) is 30.9 Å². The van der Waals surface area contributed by atoms with Gasteiger partial charge in [-0.25, -0.2) is 9.18 Å². The fourth-order valence-electron chi connectivity index (χ4n) is 4.85. The average Bonchev–Trinajstić information content (AvgIpc) is 2.86. The smallest absolute Gasteiger partial charge is 0.411 e. The Kier molecular flexibility index (Phi) is 7.08. The lowest BCUT2D eigenvalue weighted by Gasteiger charge is -2.43. The number of nitrogens with zero attached hydrogens (tertiary/aromatic N) is 2. The van der Waals surface area contributed by atoms with Gasteiger partial charge in [-0.3, -0.25) is 0 Å². The molecule has 0 saturated carbocycles. The van der Waals surface area contributed by atoms with Crippen LogP contribution in [0.1, 0.15) is 54.7 Å². The van der Waals surface area contributed by atoms with E-state index >= 15 is 0 Å². The molecule has 7 heteroatoms. The minimum Gasteiger partial charge on any atom is -0.618 e. The summed E-state index contributed by atoms with van der Waals surface area (Å²) in [5.74, 6) is -0.347. The summed E-state index contributed by atoms with van der Waals surface area (Å²) in [6, 6.07) is 17.5. The van der Waals surface area contributed by atoms with E-state index in [0.717, 1.165) is 27.0 Å². The first-order chi connectivity index (χ1) is 16.7. The van der Waals surface area contributed by atoms with Gasteiger partial charge in [-0.15, -0.1) is 0 Å². The number of halogens is 1. The zero-order chi connectivity index (χ0) is 25.2. The number of rotatable bonds is 7. The molecule has 2 heterocycles. The van der Waals surface area contributed by atoms with E-state index in [1.165, 1.54) is 12.1 Å². The van der Waals surface area contributed by atoms with Crippen LogP contribution in [-0.4, -0.2) is 29.3 Å². The Hall–Kier alpha value is -3.45. The van der Waals surface area contributed by atoms with Crippen molar-refractivity contribution < 1.29 is 23.8 Å². The molecule has 1 aliphatic heterocycles. The summed E-state index contributed by atoms with van der Waals surface area (Å²) < 4.78 is 20.4. The molecule has 1 aromatic heterocycles. The van der Waals surface area contributed by atoms with E-state index in [4.69, 9.17) is 4.74 Å². The summed E-state index contributed by atoms with van der Waals surface area (Å²) in [5, 5.41) is 21.3. The Labute approximate surface area is 205 Å². The summed E-state index contributed by atoms with van der Waals surface area (Å²) in [6.45, 7) is 6.00. The van der Waals surface area contributed by atoms with Crippen molar-refractivity contribution in [2.75, 3.05) is 13.2 Å². The molecule has 4 rings (SSSR count). The molecule has 0 radical (unpaired) electrons. The Morgan fingerprint density at radius 2 is 1.71 bits per heavy atom. The van der Waals surface area contributed by atoms with Crippen LogP contribution in [0.4, 0.5) is 9.18 Å². The Morgan fingerprint density at radius 1 is 1.09 bits per heavy atom. The topological polar surface area (TPSA) is 76.7 Å². The van der Waals surface area contributed by atoms with Gasteiger partial charge >= 0.3 is 6.09 Å². The normalized spacial score (nSPS) is 18.9.